The van der Waals surface area contributed by atoms with E-state index in [1.807, 2.05) is 22.7 Å². The predicted octanol–water partition coefficient (Wildman–Crippen LogP) is 13.7. The molecule has 0 aliphatic heterocycles. The van der Waals surface area contributed by atoms with Crippen molar-refractivity contribution >= 4 is 76.3 Å². The van der Waals surface area contributed by atoms with Crippen molar-refractivity contribution in [2.24, 2.45) is 34.0 Å². The summed E-state index contributed by atoms with van der Waals surface area (Å²) < 4.78 is 0. The van der Waals surface area contributed by atoms with Crippen LogP contribution in [-0.2, 0) is 57.5 Å². The first-order chi connectivity index (χ1) is 26.5. The molecule has 1 N–H and O–H groups in total. The maximum atomic E-state index is 5.92. The Kier molecular flexibility index (Phi) is 11.3. The molecule has 6 heterocycles. The number of aromatic nitrogens is 3. The second-order valence-corrected chi connectivity index (χ2v) is 23.9. The van der Waals surface area contributed by atoms with Gasteiger partial charge in [-0.1, -0.05) is 62.3 Å². The van der Waals surface area contributed by atoms with E-state index in [1.54, 1.807) is 11.3 Å². The lowest BCUT2D eigenvalue weighted by Gasteiger charge is -2.34. The highest BCUT2D eigenvalue weighted by atomic mass is 35.5. The molecule has 0 saturated heterocycles. The van der Waals surface area contributed by atoms with E-state index >= 15 is 0 Å². The topological polar surface area (TPSA) is 50.7 Å². The minimum Gasteiger partial charge on any atom is -0.307 e. The zero-order chi connectivity index (χ0) is 39.6. The number of thiophene rings is 3. The summed E-state index contributed by atoms with van der Waals surface area (Å²) in [4.78, 5) is 22.6. The first kappa shape index (κ1) is 40.4. The molecule has 3 aliphatic rings. The monoisotopic (exact) mass is 824 g/mol. The van der Waals surface area contributed by atoms with Crippen molar-refractivity contribution in [2.75, 3.05) is 0 Å². The summed E-state index contributed by atoms with van der Waals surface area (Å²) in [5, 5.41) is 7.61. The molecule has 0 bridgehead atoms. The Labute approximate surface area is 352 Å². The second-order valence-electron chi connectivity index (χ2n) is 20.3. The average Bonchev–Trinajstić information content (AvgIpc) is 3.85. The molecule has 0 aromatic carbocycles. The van der Waals surface area contributed by atoms with Gasteiger partial charge < -0.3 is 5.32 Å². The van der Waals surface area contributed by atoms with Crippen molar-refractivity contribution in [1.29, 1.82) is 0 Å². The van der Waals surface area contributed by atoms with Gasteiger partial charge in [-0.15, -0.1) is 45.6 Å². The molecule has 56 heavy (non-hydrogen) atoms. The molecule has 0 amide bonds. The van der Waals surface area contributed by atoms with Gasteiger partial charge in [0.2, 0.25) is 0 Å². The molecule has 4 nitrogen and oxygen atoms in total. The smallest absolute Gasteiger partial charge is 0.123 e. The average molecular weight is 826 g/mol. The summed E-state index contributed by atoms with van der Waals surface area (Å²) in [5.41, 5.74) is 9.53. The summed E-state index contributed by atoms with van der Waals surface area (Å²) >= 11 is 11.4. The van der Waals surface area contributed by atoms with Crippen molar-refractivity contribution < 1.29 is 0 Å². The molecular formula is C48H61ClN4S3. The number of hydrogen-bond donors (Lipinski definition) is 1. The summed E-state index contributed by atoms with van der Waals surface area (Å²) in [6.45, 7) is 23.1. The van der Waals surface area contributed by atoms with Crippen molar-refractivity contribution in [2.45, 2.75) is 139 Å². The van der Waals surface area contributed by atoms with Crippen LogP contribution in [0.4, 0.5) is 0 Å². The summed E-state index contributed by atoms with van der Waals surface area (Å²) in [7, 11) is 0. The van der Waals surface area contributed by atoms with Gasteiger partial charge in [0.05, 0.1) is 5.88 Å². The molecule has 0 spiro atoms. The Hall–Kier alpha value is -2.42. The minimum absolute atomic E-state index is 0.368. The fraction of sp³-hybridized carbons (Fsp3) is 0.562. The van der Waals surface area contributed by atoms with Crippen molar-refractivity contribution in [1.82, 2.24) is 20.3 Å². The SMILES string of the molecule is CC(C)(C)C1CCc2nc3sc(CCl)cc3cc2C1.CC(C)(C)C1CCc2nc3sc(CNCc4cc5cc6c(nc5s4)CCC(C(C)(C)C)C6)cc3cc2C1. The van der Waals surface area contributed by atoms with Crippen LogP contribution >= 0.6 is 45.6 Å². The largest absolute Gasteiger partial charge is 0.307 e. The summed E-state index contributed by atoms with van der Waals surface area (Å²) in [5.74, 6) is 2.86. The van der Waals surface area contributed by atoms with Crippen LogP contribution in [0.3, 0.4) is 0 Å². The number of fused-ring (bicyclic) bond motifs is 6. The van der Waals surface area contributed by atoms with E-state index in [0.29, 0.717) is 22.1 Å². The van der Waals surface area contributed by atoms with Gasteiger partial charge >= 0.3 is 0 Å². The quantitative estimate of drug-likeness (QED) is 0.176. The molecular weight excluding hydrogens is 764 g/mol. The minimum atomic E-state index is 0.368. The van der Waals surface area contributed by atoms with Crippen LogP contribution in [0.1, 0.15) is 130 Å². The van der Waals surface area contributed by atoms with Gasteiger partial charge in [0.15, 0.2) is 0 Å². The second kappa shape index (κ2) is 15.6. The first-order valence-electron chi connectivity index (χ1n) is 21.0. The molecule has 6 aromatic heterocycles. The number of pyridine rings is 3. The number of nitrogens with zero attached hydrogens (tertiary/aromatic N) is 3. The Morgan fingerprint density at radius 3 is 1.16 bits per heavy atom. The fourth-order valence-corrected chi connectivity index (χ4v) is 12.4. The van der Waals surface area contributed by atoms with Gasteiger partial charge in [-0.05, 0) is 145 Å². The van der Waals surface area contributed by atoms with Gasteiger partial charge in [-0.3, -0.25) is 0 Å². The highest BCUT2D eigenvalue weighted by Gasteiger charge is 2.32. The lowest BCUT2D eigenvalue weighted by Crippen LogP contribution is -2.27. The van der Waals surface area contributed by atoms with Crippen LogP contribution < -0.4 is 5.32 Å². The van der Waals surface area contributed by atoms with Gasteiger partial charge in [0.1, 0.15) is 14.5 Å². The number of rotatable bonds is 5. The normalized spacial score (nSPS) is 20.1. The number of alkyl halides is 1. The third-order valence-corrected chi connectivity index (χ3v) is 16.8. The third-order valence-electron chi connectivity index (χ3n) is 13.2. The third kappa shape index (κ3) is 8.78. The molecule has 3 atom stereocenters. The molecule has 3 aliphatic carbocycles. The van der Waals surface area contributed by atoms with E-state index in [-0.39, 0.29) is 0 Å². The maximum Gasteiger partial charge on any atom is 0.123 e. The standard InChI is InChI=1S/C32H41N3S2.C16H20ClNS/c1-31(2,3)23-7-9-27-19(13-23)11-21-15-25(36-29(21)34-27)17-33-18-26-16-22-12-20-14-24(32(4,5)6)8-10-28(20)35-30(22)37-26;1-16(2,3)12-4-5-14-10(7-12)6-11-8-13(9-17)19-15(11)18-14/h11-12,15-16,23-24,33H,7-10,13-14,17-18H2,1-6H3;6,8,12H,4-5,7,9H2,1-3H3. The van der Waals surface area contributed by atoms with Crippen LogP contribution in [0.5, 0.6) is 0 Å². The van der Waals surface area contributed by atoms with Gasteiger partial charge in [-0.25, -0.2) is 15.0 Å². The lowest BCUT2D eigenvalue weighted by molar-refractivity contribution is 0.215. The fourth-order valence-electron chi connectivity index (χ4n) is 9.29. The zero-order valence-corrected chi connectivity index (χ0v) is 38.3. The molecule has 0 saturated carbocycles. The lowest BCUT2D eigenvalue weighted by atomic mass is 9.71. The van der Waals surface area contributed by atoms with Gasteiger partial charge in [-0.2, -0.15) is 0 Å². The van der Waals surface area contributed by atoms with Gasteiger partial charge in [0, 0.05) is 61.0 Å². The van der Waals surface area contributed by atoms with Crippen LogP contribution in [0.15, 0.2) is 36.4 Å². The number of halogens is 1. The molecule has 3 unspecified atom stereocenters. The van der Waals surface area contributed by atoms with Gasteiger partial charge in [0.25, 0.3) is 0 Å². The van der Waals surface area contributed by atoms with E-state index < -0.39 is 0 Å². The number of hydrogen-bond acceptors (Lipinski definition) is 7. The number of nitrogens with one attached hydrogen (secondary N) is 1. The Bertz CT molecular complexity index is 2250. The molecule has 8 heteroatoms. The van der Waals surface area contributed by atoms with E-state index in [9.17, 15) is 0 Å². The summed E-state index contributed by atoms with van der Waals surface area (Å²) in [6.07, 6.45) is 10.7. The van der Waals surface area contributed by atoms with E-state index in [1.165, 1.54) is 113 Å². The van der Waals surface area contributed by atoms with Crippen LogP contribution in [0, 0.1) is 34.0 Å². The van der Waals surface area contributed by atoms with E-state index in [0.717, 1.165) is 54.9 Å². The van der Waals surface area contributed by atoms with Crippen molar-refractivity contribution in [3.63, 3.8) is 0 Å². The Morgan fingerprint density at radius 1 is 0.518 bits per heavy atom. The number of aryl methyl sites for hydroxylation is 3. The van der Waals surface area contributed by atoms with E-state index in [4.69, 9.17) is 26.6 Å². The summed E-state index contributed by atoms with van der Waals surface area (Å²) in [6, 6.07) is 14.1. The first-order valence-corrected chi connectivity index (χ1v) is 24.0. The Balaban J connectivity index is 0.000000194. The van der Waals surface area contributed by atoms with Crippen molar-refractivity contribution in [3.8, 4) is 0 Å². The van der Waals surface area contributed by atoms with Crippen LogP contribution in [-0.4, -0.2) is 15.0 Å². The Morgan fingerprint density at radius 2 is 0.839 bits per heavy atom. The van der Waals surface area contributed by atoms with Crippen LogP contribution in [0.25, 0.3) is 30.6 Å². The maximum absolute atomic E-state index is 5.92. The van der Waals surface area contributed by atoms with Crippen molar-refractivity contribution in [3.05, 3.63) is 84.8 Å². The molecule has 9 rings (SSSR count). The van der Waals surface area contributed by atoms with E-state index in [2.05, 4.69) is 104 Å². The molecule has 298 valence electrons. The molecule has 6 aromatic rings. The molecule has 0 radical (unpaired) electrons. The zero-order valence-electron chi connectivity index (χ0n) is 35.1. The highest BCUT2D eigenvalue weighted by molar-refractivity contribution is 7.19. The highest BCUT2D eigenvalue weighted by Crippen LogP contribution is 2.41. The molecule has 0 fully saturated rings. The predicted molar refractivity (Wildman–Crippen MR) is 244 cm³/mol. The van der Waals surface area contributed by atoms with Crippen LogP contribution in [0.2, 0.25) is 0 Å².